The number of thioether (sulfide) groups is 1. The SMILES string of the molecule is CSCCC(N)CN1CCC(C)CC1. The van der Waals surface area contributed by atoms with Gasteiger partial charge >= 0.3 is 0 Å². The Balaban J connectivity index is 2.10. The van der Waals surface area contributed by atoms with Crippen LogP contribution in [-0.4, -0.2) is 42.6 Å². The van der Waals surface area contributed by atoms with Gasteiger partial charge in [0.15, 0.2) is 0 Å². The molecule has 2 N–H and O–H groups in total. The van der Waals surface area contributed by atoms with Crippen LogP contribution in [0.2, 0.25) is 0 Å². The fraction of sp³-hybridized carbons (Fsp3) is 1.00. The minimum atomic E-state index is 0.385. The van der Waals surface area contributed by atoms with Crippen LogP contribution in [0.4, 0.5) is 0 Å². The third-order valence-corrected chi connectivity index (χ3v) is 3.71. The summed E-state index contributed by atoms with van der Waals surface area (Å²) < 4.78 is 0. The van der Waals surface area contributed by atoms with E-state index in [2.05, 4.69) is 18.1 Å². The Labute approximate surface area is 92.6 Å². The van der Waals surface area contributed by atoms with Crippen LogP contribution in [0, 0.1) is 5.92 Å². The molecule has 1 rings (SSSR count). The summed E-state index contributed by atoms with van der Waals surface area (Å²) in [5.74, 6) is 2.12. The maximum Gasteiger partial charge on any atom is 0.0175 e. The van der Waals surface area contributed by atoms with E-state index in [1.54, 1.807) is 0 Å². The summed E-state index contributed by atoms with van der Waals surface area (Å²) in [4.78, 5) is 2.53. The number of nitrogens with two attached hydrogens (primary N) is 1. The van der Waals surface area contributed by atoms with Crippen LogP contribution in [0.1, 0.15) is 26.2 Å². The van der Waals surface area contributed by atoms with Gasteiger partial charge in [0.2, 0.25) is 0 Å². The van der Waals surface area contributed by atoms with Gasteiger partial charge in [-0.1, -0.05) is 6.92 Å². The highest BCUT2D eigenvalue weighted by atomic mass is 32.2. The van der Waals surface area contributed by atoms with Crippen LogP contribution >= 0.6 is 11.8 Å². The fourth-order valence-electron chi connectivity index (χ4n) is 1.94. The summed E-state index contributed by atoms with van der Waals surface area (Å²) in [6, 6.07) is 0.385. The lowest BCUT2D eigenvalue weighted by molar-refractivity contribution is 0.182. The first-order valence-corrected chi connectivity index (χ1v) is 7.08. The Morgan fingerprint density at radius 1 is 1.43 bits per heavy atom. The van der Waals surface area contributed by atoms with Crippen molar-refractivity contribution >= 4 is 11.8 Å². The van der Waals surface area contributed by atoms with E-state index >= 15 is 0 Å². The quantitative estimate of drug-likeness (QED) is 0.760. The Bertz CT molecular complexity index is 144. The van der Waals surface area contributed by atoms with Crippen LogP contribution < -0.4 is 5.73 Å². The maximum absolute atomic E-state index is 6.07. The Morgan fingerprint density at radius 3 is 2.64 bits per heavy atom. The lowest BCUT2D eigenvalue weighted by atomic mass is 9.99. The van der Waals surface area contributed by atoms with E-state index in [1.807, 2.05) is 11.8 Å². The summed E-state index contributed by atoms with van der Waals surface area (Å²) in [5.41, 5.74) is 6.07. The molecule has 0 aromatic carbocycles. The van der Waals surface area contributed by atoms with E-state index < -0.39 is 0 Å². The van der Waals surface area contributed by atoms with Crippen LogP contribution in [0.3, 0.4) is 0 Å². The van der Waals surface area contributed by atoms with E-state index in [4.69, 9.17) is 5.73 Å². The molecule has 0 aromatic rings. The van der Waals surface area contributed by atoms with Crippen molar-refractivity contribution in [2.24, 2.45) is 11.7 Å². The number of likely N-dealkylation sites (tertiary alicyclic amines) is 1. The first-order chi connectivity index (χ1) is 6.72. The zero-order chi connectivity index (χ0) is 10.4. The summed E-state index contributed by atoms with van der Waals surface area (Å²) in [5, 5.41) is 0. The third kappa shape index (κ3) is 4.67. The minimum absolute atomic E-state index is 0.385. The zero-order valence-corrected chi connectivity index (χ0v) is 10.4. The van der Waals surface area contributed by atoms with Gasteiger partial charge < -0.3 is 10.6 Å². The average Bonchev–Trinajstić information content (AvgIpc) is 2.18. The molecule has 0 amide bonds. The topological polar surface area (TPSA) is 29.3 Å². The number of hydrogen-bond acceptors (Lipinski definition) is 3. The fourth-order valence-corrected chi connectivity index (χ4v) is 2.48. The van der Waals surface area contributed by atoms with Crippen molar-refractivity contribution in [2.75, 3.05) is 31.6 Å². The molecule has 0 aromatic heterocycles. The van der Waals surface area contributed by atoms with E-state index in [9.17, 15) is 0 Å². The molecular formula is C11H24N2S. The molecule has 1 unspecified atom stereocenters. The molecule has 1 atom stereocenters. The summed E-state index contributed by atoms with van der Waals surface area (Å²) >= 11 is 1.89. The second-order valence-corrected chi connectivity index (χ2v) is 5.51. The van der Waals surface area contributed by atoms with Gasteiger partial charge in [-0.05, 0) is 50.3 Å². The van der Waals surface area contributed by atoms with Crippen LogP contribution in [-0.2, 0) is 0 Å². The molecule has 0 bridgehead atoms. The molecule has 14 heavy (non-hydrogen) atoms. The van der Waals surface area contributed by atoms with Crippen LogP contribution in [0.15, 0.2) is 0 Å². The minimum Gasteiger partial charge on any atom is -0.327 e. The molecule has 0 saturated carbocycles. The summed E-state index contributed by atoms with van der Waals surface area (Å²) in [6.45, 7) is 5.97. The third-order valence-electron chi connectivity index (χ3n) is 3.06. The molecule has 3 heteroatoms. The zero-order valence-electron chi connectivity index (χ0n) is 9.54. The molecule has 1 aliphatic rings. The molecule has 1 fully saturated rings. The molecule has 0 spiro atoms. The molecular weight excluding hydrogens is 192 g/mol. The molecule has 0 aliphatic carbocycles. The van der Waals surface area contributed by atoms with E-state index in [-0.39, 0.29) is 0 Å². The second-order valence-electron chi connectivity index (χ2n) is 4.52. The molecule has 0 radical (unpaired) electrons. The van der Waals surface area contributed by atoms with Gasteiger partial charge in [-0.25, -0.2) is 0 Å². The Morgan fingerprint density at radius 2 is 2.07 bits per heavy atom. The first kappa shape index (κ1) is 12.3. The van der Waals surface area contributed by atoms with E-state index in [1.165, 1.54) is 31.7 Å². The number of piperidine rings is 1. The summed E-state index contributed by atoms with van der Waals surface area (Å²) in [6.07, 6.45) is 6.02. The van der Waals surface area contributed by atoms with Gasteiger partial charge in [0.1, 0.15) is 0 Å². The van der Waals surface area contributed by atoms with Gasteiger partial charge in [-0.2, -0.15) is 11.8 Å². The van der Waals surface area contributed by atoms with Gasteiger partial charge in [0.25, 0.3) is 0 Å². The molecule has 1 saturated heterocycles. The lowest BCUT2D eigenvalue weighted by Gasteiger charge is -2.31. The largest absolute Gasteiger partial charge is 0.327 e. The van der Waals surface area contributed by atoms with Crippen molar-refractivity contribution < 1.29 is 0 Å². The van der Waals surface area contributed by atoms with Crippen molar-refractivity contribution in [2.45, 2.75) is 32.2 Å². The predicted octanol–water partition coefficient (Wildman–Crippen LogP) is 1.80. The smallest absolute Gasteiger partial charge is 0.0175 e. The van der Waals surface area contributed by atoms with Crippen molar-refractivity contribution in [1.29, 1.82) is 0 Å². The maximum atomic E-state index is 6.07. The second kappa shape index (κ2) is 6.70. The molecule has 1 aliphatic heterocycles. The molecule has 1 heterocycles. The summed E-state index contributed by atoms with van der Waals surface area (Å²) in [7, 11) is 0. The van der Waals surface area contributed by atoms with E-state index in [0.717, 1.165) is 18.9 Å². The van der Waals surface area contributed by atoms with Crippen molar-refractivity contribution in [3.05, 3.63) is 0 Å². The van der Waals surface area contributed by atoms with Crippen LogP contribution in [0.5, 0.6) is 0 Å². The lowest BCUT2D eigenvalue weighted by Crippen LogP contribution is -2.41. The number of nitrogens with zero attached hydrogens (tertiary/aromatic N) is 1. The van der Waals surface area contributed by atoms with Gasteiger partial charge in [-0.15, -0.1) is 0 Å². The van der Waals surface area contributed by atoms with E-state index in [0.29, 0.717) is 6.04 Å². The van der Waals surface area contributed by atoms with Crippen molar-refractivity contribution in [3.63, 3.8) is 0 Å². The highest BCUT2D eigenvalue weighted by molar-refractivity contribution is 7.98. The Kier molecular flexibility index (Phi) is 5.90. The predicted molar refractivity (Wildman–Crippen MR) is 65.8 cm³/mol. The normalized spacial score (nSPS) is 22.5. The first-order valence-electron chi connectivity index (χ1n) is 5.69. The van der Waals surface area contributed by atoms with Gasteiger partial charge in [0, 0.05) is 12.6 Å². The van der Waals surface area contributed by atoms with Crippen molar-refractivity contribution in [3.8, 4) is 0 Å². The average molecular weight is 216 g/mol. The monoisotopic (exact) mass is 216 g/mol. The highest BCUT2D eigenvalue weighted by Crippen LogP contribution is 2.16. The highest BCUT2D eigenvalue weighted by Gasteiger charge is 2.17. The standard InChI is InChI=1S/C11H24N2S/c1-10-3-6-13(7-4-10)9-11(12)5-8-14-2/h10-11H,3-9,12H2,1-2H3. The van der Waals surface area contributed by atoms with Crippen LogP contribution in [0.25, 0.3) is 0 Å². The van der Waals surface area contributed by atoms with Crippen molar-refractivity contribution in [1.82, 2.24) is 4.90 Å². The molecule has 84 valence electrons. The molecule has 2 nitrogen and oxygen atoms in total. The number of rotatable bonds is 5. The Hall–Kier alpha value is 0.270. The van der Waals surface area contributed by atoms with Gasteiger partial charge in [-0.3, -0.25) is 0 Å². The number of hydrogen-bond donors (Lipinski definition) is 1. The van der Waals surface area contributed by atoms with Gasteiger partial charge in [0.05, 0.1) is 0 Å².